The molecule has 0 aromatic rings. The Bertz CT molecular complexity index is 504. The quantitative estimate of drug-likeness (QED) is 0.232. The molecule has 0 aliphatic carbocycles. The Morgan fingerprint density at radius 1 is 0.571 bits per heavy atom. The molecule has 0 aliphatic rings. The van der Waals surface area contributed by atoms with Crippen LogP contribution in [0.15, 0.2) is 0 Å². The van der Waals surface area contributed by atoms with Crippen molar-refractivity contribution >= 4 is 0 Å². The van der Waals surface area contributed by atoms with Crippen molar-refractivity contribution in [1.82, 2.24) is 0 Å². The van der Waals surface area contributed by atoms with Gasteiger partial charge in [0.25, 0.3) is 0 Å². The molecule has 0 heterocycles. The van der Waals surface area contributed by atoms with Crippen LogP contribution in [-0.4, -0.2) is 4.03 Å². The van der Waals surface area contributed by atoms with Gasteiger partial charge in [-0.15, -0.1) is 0 Å². The first-order valence-electron chi connectivity index (χ1n) is 12.4. The van der Waals surface area contributed by atoms with Crippen molar-refractivity contribution < 1.29 is 23.4 Å². The third-order valence-electron chi connectivity index (χ3n) is 6.87. The molecule has 0 rings (SSSR count). The van der Waals surface area contributed by atoms with Crippen molar-refractivity contribution in [1.29, 1.82) is 0 Å². The van der Waals surface area contributed by atoms with Crippen molar-refractivity contribution in [2.75, 3.05) is 0 Å². The molecule has 0 fully saturated rings. The van der Waals surface area contributed by atoms with Crippen LogP contribution in [0, 0.1) is 17.8 Å². The van der Waals surface area contributed by atoms with Gasteiger partial charge in [-0.25, -0.2) is 0 Å². The monoisotopic (exact) mass is 439 g/mol. The second-order valence-corrected chi connectivity index (χ2v) is 18.2. The van der Waals surface area contributed by atoms with E-state index in [0.29, 0.717) is 0 Å². The molecular formula is C24H52O3V. The van der Waals surface area contributed by atoms with E-state index in [0.717, 1.165) is 77.0 Å². The molecule has 1 N–H and O–H groups in total. The summed E-state index contributed by atoms with van der Waals surface area (Å²) in [6, 6.07) is 0. The molecule has 0 spiro atoms. The molecule has 0 bridgehead atoms. The Morgan fingerprint density at radius 3 is 1.00 bits per heavy atom. The first-order valence-corrected chi connectivity index (χ1v) is 17.2. The molecule has 3 nitrogen and oxygen atoms in total. The predicted octanol–water partition coefficient (Wildman–Crippen LogP) is 8.71. The van der Waals surface area contributed by atoms with Crippen LogP contribution in [0.5, 0.6) is 0 Å². The van der Waals surface area contributed by atoms with E-state index in [1.54, 1.807) is 0 Å². The maximum atomic E-state index is 14.4. The second-order valence-electron chi connectivity index (χ2n) is 9.90. The fraction of sp³-hybridized carbons (Fsp3) is 1.00. The first-order chi connectivity index (χ1) is 13.0. The summed E-state index contributed by atoms with van der Waals surface area (Å²) in [4.78, 5) is 0. The zero-order chi connectivity index (χ0) is 21.7. The Morgan fingerprint density at radius 2 is 0.821 bits per heavy atom. The molecule has 0 saturated carbocycles. The molecule has 3 atom stereocenters. The summed E-state index contributed by atoms with van der Waals surface area (Å²) < 4.78 is 40.7. The van der Waals surface area contributed by atoms with Gasteiger partial charge in [-0.05, 0) is 0 Å². The van der Waals surface area contributed by atoms with Crippen molar-refractivity contribution in [3.05, 3.63) is 0 Å². The van der Waals surface area contributed by atoms with Crippen molar-refractivity contribution in [2.45, 2.75) is 134 Å². The van der Waals surface area contributed by atoms with Crippen LogP contribution in [0.4, 0.5) is 0 Å². The molecule has 0 saturated heterocycles. The van der Waals surface area contributed by atoms with Gasteiger partial charge in [0.1, 0.15) is 0 Å². The van der Waals surface area contributed by atoms with E-state index in [1.807, 2.05) is 0 Å². The third-order valence-corrected chi connectivity index (χ3v) is 13.9. The molecule has 0 aromatic heterocycles. The van der Waals surface area contributed by atoms with Crippen LogP contribution >= 0.6 is 0 Å². The minimum absolute atomic E-state index is 0.0330. The summed E-state index contributed by atoms with van der Waals surface area (Å²) in [5, 5.41) is 0.0990. The van der Waals surface area contributed by atoms with Gasteiger partial charge in [0, 0.05) is 0 Å². The van der Waals surface area contributed by atoms with E-state index in [-0.39, 0.29) is 33.2 Å². The number of unbranched alkanes of at least 4 members (excludes halogenated alkanes) is 3. The van der Waals surface area contributed by atoms with E-state index >= 15 is 0 Å². The Balaban J connectivity index is 5.87. The van der Waals surface area contributed by atoms with E-state index in [9.17, 15) is 11.4 Å². The van der Waals surface area contributed by atoms with E-state index < -0.39 is 12.0 Å². The second kappa shape index (κ2) is 12.1. The predicted molar refractivity (Wildman–Crippen MR) is 118 cm³/mol. The number of hydrogen-bond donors (Lipinski definition) is 1. The molecule has 171 valence electrons. The normalized spacial score (nSPS) is 18.2. The number of hydrogen-bond acceptors (Lipinski definition) is 2. The first kappa shape index (κ1) is 28.1. The molecular weight excluding hydrogens is 387 g/mol. The van der Waals surface area contributed by atoms with Gasteiger partial charge in [0.05, 0.1) is 0 Å². The summed E-state index contributed by atoms with van der Waals surface area (Å²) in [6.07, 6.45) is 11.6. The molecule has 0 radical (unpaired) electrons. The SMILES string of the molecule is CCCCC(CC)[CH2][V](=[O])(=[O])([OH])([CH2]C(CC)CCCC)[CH2]C(CC)CCCC. The summed E-state index contributed by atoms with van der Waals surface area (Å²) in [5.74, 6) is 0.270. The Kier molecular flexibility index (Phi) is 12.2. The van der Waals surface area contributed by atoms with Crippen LogP contribution in [0.25, 0.3) is 0 Å². The summed E-state index contributed by atoms with van der Waals surface area (Å²) in [6.45, 7) is 12.7. The van der Waals surface area contributed by atoms with Crippen LogP contribution in [-0.2, 0) is 19.4 Å². The van der Waals surface area contributed by atoms with Gasteiger partial charge in [0.15, 0.2) is 0 Å². The molecule has 28 heavy (non-hydrogen) atoms. The fourth-order valence-electron chi connectivity index (χ4n) is 5.05. The van der Waals surface area contributed by atoms with E-state index in [2.05, 4.69) is 41.5 Å². The fourth-order valence-corrected chi connectivity index (χ4v) is 14.3. The van der Waals surface area contributed by atoms with Gasteiger partial charge in [-0.1, -0.05) is 0 Å². The zero-order valence-electron chi connectivity index (χ0n) is 20.0. The molecule has 0 amide bonds. The van der Waals surface area contributed by atoms with Crippen LogP contribution in [0.1, 0.15) is 119 Å². The average Bonchev–Trinajstić information content (AvgIpc) is 2.65. The van der Waals surface area contributed by atoms with Gasteiger partial charge in [0.2, 0.25) is 0 Å². The summed E-state index contributed by atoms with van der Waals surface area (Å²) in [5.41, 5.74) is 0. The molecule has 0 aromatic carbocycles. The minimum atomic E-state index is -6.45. The Hall–Kier alpha value is 0.144. The van der Waals surface area contributed by atoms with Crippen molar-refractivity contribution in [3.8, 4) is 0 Å². The van der Waals surface area contributed by atoms with E-state index in [1.165, 1.54) is 0 Å². The Labute approximate surface area is 175 Å². The van der Waals surface area contributed by atoms with Gasteiger partial charge >= 0.3 is 175 Å². The van der Waals surface area contributed by atoms with Gasteiger partial charge in [-0.3, -0.25) is 0 Å². The van der Waals surface area contributed by atoms with Gasteiger partial charge in [-0.2, -0.15) is 0 Å². The van der Waals surface area contributed by atoms with Crippen LogP contribution < -0.4 is 0 Å². The average molecular weight is 440 g/mol. The molecule has 0 aliphatic heterocycles. The zero-order valence-corrected chi connectivity index (χ0v) is 21.4. The molecule has 4 heteroatoms. The van der Waals surface area contributed by atoms with Crippen LogP contribution in [0.3, 0.4) is 0 Å². The topological polar surface area (TPSA) is 54.4 Å². The number of rotatable bonds is 18. The van der Waals surface area contributed by atoms with Crippen molar-refractivity contribution in [2.24, 2.45) is 17.8 Å². The maximum absolute atomic E-state index is 14.4. The van der Waals surface area contributed by atoms with Gasteiger partial charge < -0.3 is 0 Å². The summed E-state index contributed by atoms with van der Waals surface area (Å²) >= 11 is -6.45. The standard InChI is InChI=1S/3C8H17.H2O.2O.V/c3*1-4-6-7-8(3)5-2;;;;/h3*8H,3-7H2,1-2H3;1H2;;;/q;;;;;;+1/p-1. The van der Waals surface area contributed by atoms with Crippen molar-refractivity contribution in [3.63, 3.8) is 0 Å². The molecule has 3 unspecified atom stereocenters. The van der Waals surface area contributed by atoms with Crippen LogP contribution in [0.2, 0.25) is 15.4 Å². The van der Waals surface area contributed by atoms with E-state index in [4.69, 9.17) is 0 Å². The summed E-state index contributed by atoms with van der Waals surface area (Å²) in [7, 11) is 0. The third kappa shape index (κ3) is 10.8.